The summed E-state index contributed by atoms with van der Waals surface area (Å²) in [6, 6.07) is 2.50. The molecule has 1 aromatic rings. The monoisotopic (exact) mass is 842 g/mol. The minimum atomic E-state index is -1.85. The smallest absolute Gasteiger partial charge is 0.409 e. The number of rotatable bonds is 11. The van der Waals surface area contributed by atoms with E-state index in [9.17, 15) is 33.9 Å². The molecule has 1 aromatic carbocycles. The first-order valence-corrected chi connectivity index (χ1v) is 20.1. The number of alkyl carbamates (subject to hydrolysis) is 1. The summed E-state index contributed by atoms with van der Waals surface area (Å²) in [7, 11) is 5.94. The van der Waals surface area contributed by atoms with Crippen molar-refractivity contribution in [1.82, 2.24) is 15.1 Å². The fraction of sp³-hybridized carbons (Fsp3) is 0.571. The molecule has 2 saturated heterocycles. The Hall–Kier alpha value is -4.77. The summed E-state index contributed by atoms with van der Waals surface area (Å²) >= 11 is 6.77. The quantitative estimate of drug-likeness (QED) is 0.141. The predicted molar refractivity (Wildman–Crippen MR) is 215 cm³/mol. The maximum Gasteiger partial charge on any atom is 0.409 e. The fourth-order valence-corrected chi connectivity index (χ4v) is 8.08. The molecule has 2 N–H and O–H groups in total. The lowest BCUT2D eigenvalue weighted by molar-refractivity contribution is -0.162. The van der Waals surface area contributed by atoms with Gasteiger partial charge in [-0.3, -0.25) is 29.4 Å². The van der Waals surface area contributed by atoms with Gasteiger partial charge < -0.3 is 38.6 Å². The van der Waals surface area contributed by atoms with E-state index in [0.717, 1.165) is 16.0 Å². The summed E-state index contributed by atoms with van der Waals surface area (Å²) in [5.41, 5.74) is -1.05. The van der Waals surface area contributed by atoms with Crippen molar-refractivity contribution in [3.8, 4) is 5.75 Å². The average Bonchev–Trinajstić information content (AvgIpc) is 3.79. The number of hydrogen-bond donors (Lipinski definition) is 2. The number of carbonyl (C=O) groups is 6. The first-order chi connectivity index (χ1) is 27.8. The van der Waals surface area contributed by atoms with Gasteiger partial charge in [0.15, 0.2) is 5.72 Å². The van der Waals surface area contributed by atoms with Gasteiger partial charge in [-0.05, 0) is 57.7 Å². The van der Waals surface area contributed by atoms with E-state index in [0.29, 0.717) is 37.1 Å². The number of hydrogen-bond acceptors (Lipinski definition) is 12. The van der Waals surface area contributed by atoms with Crippen molar-refractivity contribution in [2.24, 2.45) is 5.92 Å². The van der Waals surface area contributed by atoms with Crippen LogP contribution in [0.2, 0.25) is 5.02 Å². The Labute approximate surface area is 349 Å². The fourth-order valence-electron chi connectivity index (χ4n) is 7.77. The number of nitrogens with zero attached hydrogens (tertiary/aromatic N) is 3. The summed E-state index contributed by atoms with van der Waals surface area (Å²) in [4.78, 5) is 81.6. The number of esters is 1. The van der Waals surface area contributed by atoms with E-state index >= 15 is 0 Å². The Kier molecular flexibility index (Phi) is 14.3. The first-order valence-electron chi connectivity index (χ1n) is 19.7. The number of methoxy groups -OCH3 is 2. The highest BCUT2D eigenvalue weighted by molar-refractivity contribution is 6.35. The molecule has 16 nitrogen and oxygen atoms in total. The van der Waals surface area contributed by atoms with Gasteiger partial charge in [0.2, 0.25) is 11.8 Å². The number of carbonyl (C=O) groups excluding carboxylic acids is 6. The van der Waals surface area contributed by atoms with Gasteiger partial charge in [-0.25, -0.2) is 9.59 Å². The highest BCUT2D eigenvalue weighted by atomic mass is 35.5. The molecule has 4 bridgehead atoms. The topological polar surface area (TPSA) is 194 Å². The van der Waals surface area contributed by atoms with Gasteiger partial charge >= 0.3 is 12.1 Å². The van der Waals surface area contributed by atoms with Gasteiger partial charge in [-0.2, -0.15) is 0 Å². The Balaban J connectivity index is 1.39. The zero-order valence-corrected chi connectivity index (χ0v) is 35.6. The third-order valence-corrected chi connectivity index (χ3v) is 12.1. The predicted octanol–water partition coefficient (Wildman–Crippen LogP) is 4.00. The number of unbranched alkanes of at least 4 members (excludes halogenated alkanes) is 2. The van der Waals surface area contributed by atoms with Gasteiger partial charge in [-0.1, -0.05) is 48.7 Å². The highest BCUT2D eigenvalue weighted by Gasteiger charge is 2.64. The summed E-state index contributed by atoms with van der Waals surface area (Å²) in [6.07, 6.45) is 4.78. The van der Waals surface area contributed by atoms with Crippen LogP contribution in [-0.2, 0) is 49.3 Å². The van der Waals surface area contributed by atoms with Crippen LogP contribution in [-0.4, -0.2) is 127 Å². The first kappa shape index (κ1) is 45.3. The number of fused-ring (bicyclic) bond motifs is 5. The van der Waals surface area contributed by atoms with E-state index in [2.05, 4.69) is 5.32 Å². The molecule has 0 saturated carbocycles. The molecule has 59 heavy (non-hydrogen) atoms. The molecule has 4 aliphatic rings. The van der Waals surface area contributed by atoms with Crippen LogP contribution in [0.25, 0.3) is 0 Å². The molecule has 17 heteroatoms. The molecule has 4 heterocycles. The number of amides is 5. The van der Waals surface area contributed by atoms with Crippen LogP contribution in [0.3, 0.4) is 0 Å². The molecule has 8 atom stereocenters. The molecular weight excluding hydrogens is 788 g/mol. The second-order valence-electron chi connectivity index (χ2n) is 15.9. The van der Waals surface area contributed by atoms with Crippen LogP contribution in [0.15, 0.2) is 48.1 Å². The number of likely N-dealkylation sites (N-methyl/N-ethyl adjacent to an activating group) is 1. The molecular formula is C42H55ClN4O12. The standard InChI is InChI=1S/C42H55ClN4O12/c1-24-13-12-14-31(56-8)42(54)23-30(57-40(53)44-42)25(2)38-41(4,59-38)32(22-36(51)46(6)28-20-27(19-24)21-29(55-7)37(28)43)58-39(52)26(3)45(5)33(48)15-10-9-11-18-47-34(49)16-17-35(47)50/h12-14,16-17,20-21,25-26,30-32,38,54H,9-11,15,18-19,22-23H2,1-8H3,(H,44,53)/b14-12+,24-13+/t25-,26-,30?,31-,32+,38+,41+,42?/m1/s1. The molecule has 5 rings (SSSR count). The average molecular weight is 843 g/mol. The van der Waals surface area contributed by atoms with Gasteiger partial charge in [-0.15, -0.1) is 0 Å². The van der Waals surface area contributed by atoms with Crippen LogP contribution in [0.5, 0.6) is 5.75 Å². The van der Waals surface area contributed by atoms with Crippen molar-refractivity contribution in [1.29, 1.82) is 0 Å². The van der Waals surface area contributed by atoms with Gasteiger partial charge in [0.25, 0.3) is 11.8 Å². The Morgan fingerprint density at radius 2 is 1.81 bits per heavy atom. The van der Waals surface area contributed by atoms with Crippen molar-refractivity contribution < 1.29 is 57.6 Å². The molecule has 5 amide bonds. The Morgan fingerprint density at radius 3 is 2.47 bits per heavy atom. The molecule has 2 fully saturated rings. The Morgan fingerprint density at radius 1 is 1.12 bits per heavy atom. The minimum Gasteiger partial charge on any atom is -0.495 e. The maximum absolute atomic E-state index is 14.2. The zero-order chi connectivity index (χ0) is 43.4. The highest BCUT2D eigenvalue weighted by Crippen LogP contribution is 2.49. The van der Waals surface area contributed by atoms with Crippen molar-refractivity contribution in [3.63, 3.8) is 0 Å². The number of anilines is 1. The number of epoxide rings is 1. The minimum absolute atomic E-state index is 0.0761. The van der Waals surface area contributed by atoms with E-state index < -0.39 is 65.7 Å². The van der Waals surface area contributed by atoms with Crippen LogP contribution in [0.4, 0.5) is 10.5 Å². The number of imide groups is 1. The van der Waals surface area contributed by atoms with Crippen molar-refractivity contribution in [2.45, 2.75) is 114 Å². The molecule has 0 aromatic heterocycles. The summed E-state index contributed by atoms with van der Waals surface area (Å²) < 4.78 is 29.3. The largest absolute Gasteiger partial charge is 0.495 e. The lowest BCUT2D eigenvalue weighted by atomic mass is 9.83. The Bertz CT molecular complexity index is 1900. The number of halogens is 1. The molecule has 2 unspecified atom stereocenters. The van der Waals surface area contributed by atoms with Crippen LogP contribution in [0, 0.1) is 5.92 Å². The van der Waals surface area contributed by atoms with E-state index in [1.54, 1.807) is 45.2 Å². The SMILES string of the molecule is COc1cc2cc(c1Cl)N(C)C(=O)C[C@H](OC(=O)[C@@H](C)N(C)C(=O)CCCCCN1C(=O)C=CC1=O)[C@]1(C)O[C@H]1[C@H](C)C1CC(O)(NC(=O)O1)[C@H](OC)/C=C/C=C(\C)C2. The molecule has 0 radical (unpaired) electrons. The maximum atomic E-state index is 14.2. The third kappa shape index (κ3) is 10.2. The number of ether oxygens (including phenoxy) is 5. The van der Waals surface area contributed by atoms with Crippen molar-refractivity contribution >= 4 is 53.0 Å². The lowest BCUT2D eigenvalue weighted by Crippen LogP contribution is -2.63. The van der Waals surface area contributed by atoms with Gasteiger partial charge in [0.1, 0.15) is 40.7 Å². The molecule has 4 aliphatic heterocycles. The second kappa shape index (κ2) is 18.7. The number of nitrogens with one attached hydrogen (secondary N) is 1. The van der Waals surface area contributed by atoms with Crippen LogP contribution >= 0.6 is 11.6 Å². The van der Waals surface area contributed by atoms with Crippen LogP contribution < -0.4 is 15.0 Å². The summed E-state index contributed by atoms with van der Waals surface area (Å²) in [6.45, 7) is 7.16. The third-order valence-electron chi connectivity index (χ3n) is 11.7. The molecule has 322 valence electrons. The van der Waals surface area contributed by atoms with E-state index in [-0.39, 0.29) is 48.6 Å². The molecule has 0 spiro atoms. The van der Waals surface area contributed by atoms with E-state index in [4.69, 9.17) is 35.3 Å². The van der Waals surface area contributed by atoms with E-state index in [1.807, 2.05) is 13.0 Å². The lowest BCUT2D eigenvalue weighted by Gasteiger charge is -2.42. The number of aliphatic hydroxyl groups is 1. The zero-order valence-electron chi connectivity index (χ0n) is 34.8. The van der Waals surface area contributed by atoms with Crippen LogP contribution in [0.1, 0.15) is 71.8 Å². The van der Waals surface area contributed by atoms with Gasteiger partial charge in [0, 0.05) is 58.7 Å². The van der Waals surface area contributed by atoms with Crippen molar-refractivity contribution in [3.05, 3.63) is 58.7 Å². The number of allylic oxidation sites excluding steroid dienone is 3. The molecule has 0 aliphatic carbocycles. The summed E-state index contributed by atoms with van der Waals surface area (Å²) in [5.74, 6) is -2.49. The van der Waals surface area contributed by atoms with E-state index in [1.165, 1.54) is 50.1 Å². The second-order valence-corrected chi connectivity index (χ2v) is 16.3. The summed E-state index contributed by atoms with van der Waals surface area (Å²) in [5, 5.41) is 14.5. The van der Waals surface area contributed by atoms with Gasteiger partial charge in [0.05, 0.1) is 25.3 Å². The normalized spacial score (nSPS) is 30.4. The number of benzene rings is 1. The van der Waals surface area contributed by atoms with Crippen molar-refractivity contribution in [2.75, 3.05) is 39.8 Å².